The highest BCUT2D eigenvalue weighted by molar-refractivity contribution is 5.98. The Bertz CT molecular complexity index is 915. The minimum atomic E-state index is -0.0403. The third-order valence-corrected chi connectivity index (χ3v) is 6.54. The highest BCUT2D eigenvalue weighted by Crippen LogP contribution is 2.36. The smallest absolute Gasteiger partial charge is 0.166 e. The topological polar surface area (TPSA) is 82.0 Å². The number of ether oxygens (including phenoxy) is 1. The van der Waals surface area contributed by atoms with Crippen molar-refractivity contribution >= 4 is 5.78 Å². The molecule has 180 valence electrons. The predicted molar refractivity (Wildman–Crippen MR) is 131 cm³/mol. The van der Waals surface area contributed by atoms with Gasteiger partial charge in [0.1, 0.15) is 5.75 Å². The number of ketones is 1. The van der Waals surface area contributed by atoms with Crippen molar-refractivity contribution in [3.05, 3.63) is 53.1 Å². The number of phenolic OH excluding ortho intramolecular Hbond substituents is 2. The second-order valence-electron chi connectivity index (χ2n) is 8.86. The first-order valence-corrected chi connectivity index (χ1v) is 12.2. The zero-order valence-electron chi connectivity index (χ0n) is 20.0. The van der Waals surface area contributed by atoms with E-state index in [4.69, 9.17) is 4.74 Å². The van der Waals surface area contributed by atoms with E-state index in [1.807, 2.05) is 30.3 Å². The number of benzene rings is 2. The molecule has 3 N–H and O–H groups in total. The van der Waals surface area contributed by atoms with Crippen LogP contribution in [0.5, 0.6) is 17.2 Å². The average molecular weight is 455 g/mol. The van der Waals surface area contributed by atoms with Gasteiger partial charge in [-0.1, -0.05) is 44.4 Å². The van der Waals surface area contributed by atoms with Crippen molar-refractivity contribution in [1.29, 1.82) is 0 Å². The fraction of sp³-hybridized carbons (Fsp3) is 0.519. The summed E-state index contributed by atoms with van der Waals surface area (Å²) in [7, 11) is 1.59. The van der Waals surface area contributed by atoms with Gasteiger partial charge in [-0.2, -0.15) is 0 Å². The van der Waals surface area contributed by atoms with E-state index in [-0.39, 0.29) is 17.3 Å². The Labute approximate surface area is 197 Å². The standard InChI is InChI=1S/C27H38N2O4/c1-3-4-5-8-18-29(21-14-15-22-20(19-21)13-16-25(31)27(22)32)28-17-9-11-24(30)23-10-6-7-12-26(23)33-2/h6-7,10,12-13,16,21,28,31-32H,3-5,8-9,11,14-15,17-19H2,1-2H3. The summed E-state index contributed by atoms with van der Waals surface area (Å²) in [4.78, 5) is 12.6. The summed E-state index contributed by atoms with van der Waals surface area (Å²) in [5, 5.41) is 22.4. The predicted octanol–water partition coefficient (Wildman–Crippen LogP) is 5.01. The highest BCUT2D eigenvalue weighted by Gasteiger charge is 2.26. The third-order valence-electron chi connectivity index (χ3n) is 6.54. The van der Waals surface area contributed by atoms with Gasteiger partial charge >= 0.3 is 0 Å². The zero-order valence-corrected chi connectivity index (χ0v) is 20.0. The molecule has 0 spiro atoms. The number of fused-ring (bicyclic) bond motifs is 1. The van der Waals surface area contributed by atoms with Gasteiger partial charge in [-0.05, 0) is 55.9 Å². The van der Waals surface area contributed by atoms with E-state index < -0.39 is 0 Å². The molecule has 1 aliphatic carbocycles. The van der Waals surface area contributed by atoms with Gasteiger partial charge in [0, 0.05) is 31.1 Å². The second-order valence-corrected chi connectivity index (χ2v) is 8.86. The number of nitrogens with zero attached hydrogens (tertiary/aromatic N) is 1. The normalized spacial score (nSPS) is 15.4. The Balaban J connectivity index is 1.56. The fourth-order valence-corrected chi connectivity index (χ4v) is 4.65. The van der Waals surface area contributed by atoms with Crippen LogP contribution in [0.15, 0.2) is 36.4 Å². The molecular weight excluding hydrogens is 416 g/mol. The largest absolute Gasteiger partial charge is 0.504 e. The molecule has 6 nitrogen and oxygen atoms in total. The Kier molecular flexibility index (Phi) is 9.58. The molecule has 0 saturated heterocycles. The summed E-state index contributed by atoms with van der Waals surface area (Å²) in [6.45, 7) is 3.91. The molecule has 2 aromatic carbocycles. The molecule has 1 atom stereocenters. The molecule has 33 heavy (non-hydrogen) atoms. The number of unbranched alkanes of at least 4 members (excludes halogenated alkanes) is 3. The molecular formula is C27H38N2O4. The van der Waals surface area contributed by atoms with Crippen LogP contribution in [0.1, 0.15) is 73.4 Å². The fourth-order valence-electron chi connectivity index (χ4n) is 4.65. The van der Waals surface area contributed by atoms with Gasteiger partial charge in [0.05, 0.1) is 12.7 Å². The van der Waals surface area contributed by atoms with Crippen LogP contribution >= 0.6 is 0 Å². The van der Waals surface area contributed by atoms with Gasteiger partial charge in [-0.25, -0.2) is 5.01 Å². The average Bonchev–Trinajstić information content (AvgIpc) is 2.85. The molecule has 1 aliphatic rings. The summed E-state index contributed by atoms with van der Waals surface area (Å²) in [5.74, 6) is 0.721. The molecule has 2 aromatic rings. The van der Waals surface area contributed by atoms with E-state index in [0.717, 1.165) is 56.3 Å². The number of aromatic hydroxyl groups is 2. The number of Topliss-reactive ketones (excluding diaryl/α,β-unsaturated/α-hetero) is 1. The van der Waals surface area contributed by atoms with Crippen molar-refractivity contribution in [3.63, 3.8) is 0 Å². The Morgan fingerprint density at radius 1 is 1.12 bits per heavy atom. The Hall–Kier alpha value is -2.57. The number of hydrogen-bond acceptors (Lipinski definition) is 6. The molecule has 0 aromatic heterocycles. The molecule has 0 fully saturated rings. The van der Waals surface area contributed by atoms with Gasteiger partial charge in [-0.15, -0.1) is 0 Å². The molecule has 0 heterocycles. The molecule has 0 amide bonds. The maximum Gasteiger partial charge on any atom is 0.166 e. The Morgan fingerprint density at radius 3 is 2.73 bits per heavy atom. The number of para-hydroxylation sites is 1. The number of methoxy groups -OCH3 is 1. The molecule has 3 rings (SSSR count). The van der Waals surface area contributed by atoms with E-state index in [1.54, 1.807) is 13.2 Å². The number of carbonyl (C=O) groups excluding carboxylic acids is 1. The monoisotopic (exact) mass is 454 g/mol. The van der Waals surface area contributed by atoms with Crippen LogP contribution in [-0.4, -0.2) is 47.2 Å². The lowest BCUT2D eigenvalue weighted by Gasteiger charge is -2.36. The highest BCUT2D eigenvalue weighted by atomic mass is 16.5. The lowest BCUT2D eigenvalue weighted by Crippen LogP contribution is -2.49. The van der Waals surface area contributed by atoms with E-state index >= 15 is 0 Å². The number of phenols is 2. The molecule has 6 heteroatoms. The van der Waals surface area contributed by atoms with Crippen molar-refractivity contribution in [3.8, 4) is 17.2 Å². The van der Waals surface area contributed by atoms with E-state index in [0.29, 0.717) is 23.8 Å². The van der Waals surface area contributed by atoms with Gasteiger partial charge in [-0.3, -0.25) is 10.2 Å². The van der Waals surface area contributed by atoms with Crippen LogP contribution < -0.4 is 10.2 Å². The van der Waals surface area contributed by atoms with Crippen LogP contribution in [-0.2, 0) is 12.8 Å². The first kappa shape index (κ1) is 25.1. The summed E-state index contributed by atoms with van der Waals surface area (Å²) >= 11 is 0. The van der Waals surface area contributed by atoms with Crippen LogP contribution in [0.25, 0.3) is 0 Å². The first-order valence-electron chi connectivity index (χ1n) is 12.2. The number of hydrogen-bond donors (Lipinski definition) is 3. The number of rotatable bonds is 13. The molecule has 0 saturated carbocycles. The minimum Gasteiger partial charge on any atom is -0.504 e. The maximum absolute atomic E-state index is 12.6. The van der Waals surface area contributed by atoms with Crippen molar-refractivity contribution in [2.75, 3.05) is 20.2 Å². The van der Waals surface area contributed by atoms with Crippen LogP contribution in [0.4, 0.5) is 0 Å². The minimum absolute atomic E-state index is 0.0308. The molecule has 0 radical (unpaired) electrons. The maximum atomic E-state index is 12.6. The Morgan fingerprint density at radius 2 is 1.94 bits per heavy atom. The third kappa shape index (κ3) is 6.71. The summed E-state index contributed by atoms with van der Waals surface area (Å²) < 4.78 is 5.32. The molecule has 0 aliphatic heterocycles. The van der Waals surface area contributed by atoms with E-state index in [1.165, 1.54) is 19.3 Å². The van der Waals surface area contributed by atoms with Crippen LogP contribution in [0.3, 0.4) is 0 Å². The van der Waals surface area contributed by atoms with Crippen molar-refractivity contribution in [2.24, 2.45) is 0 Å². The van der Waals surface area contributed by atoms with Crippen LogP contribution in [0.2, 0.25) is 0 Å². The van der Waals surface area contributed by atoms with Gasteiger partial charge in [0.25, 0.3) is 0 Å². The SMILES string of the molecule is CCCCCCN(NCCCC(=O)c1ccccc1OC)C1CCc2c(ccc(O)c2O)C1. The number of carbonyl (C=O) groups is 1. The lowest BCUT2D eigenvalue weighted by molar-refractivity contribution is 0.0947. The number of nitrogens with one attached hydrogen (secondary N) is 1. The van der Waals surface area contributed by atoms with Gasteiger partial charge < -0.3 is 14.9 Å². The first-order chi connectivity index (χ1) is 16.0. The molecule has 1 unspecified atom stereocenters. The van der Waals surface area contributed by atoms with Crippen LogP contribution in [0, 0.1) is 0 Å². The summed E-state index contributed by atoms with van der Waals surface area (Å²) in [6, 6.07) is 11.2. The van der Waals surface area contributed by atoms with Gasteiger partial charge in [0.15, 0.2) is 17.3 Å². The zero-order chi connectivity index (χ0) is 23.6. The summed E-state index contributed by atoms with van der Waals surface area (Å²) in [6.07, 6.45) is 8.51. The second kappa shape index (κ2) is 12.6. The number of hydrazine groups is 1. The molecule has 0 bridgehead atoms. The van der Waals surface area contributed by atoms with Gasteiger partial charge in [0.2, 0.25) is 0 Å². The van der Waals surface area contributed by atoms with Crippen molar-refractivity contribution in [2.45, 2.75) is 70.8 Å². The van der Waals surface area contributed by atoms with E-state index in [2.05, 4.69) is 17.4 Å². The lowest BCUT2D eigenvalue weighted by atomic mass is 9.87. The summed E-state index contributed by atoms with van der Waals surface area (Å²) in [5.41, 5.74) is 6.22. The quantitative estimate of drug-likeness (QED) is 0.171. The van der Waals surface area contributed by atoms with Crippen molar-refractivity contribution in [1.82, 2.24) is 10.4 Å². The van der Waals surface area contributed by atoms with E-state index in [9.17, 15) is 15.0 Å². The van der Waals surface area contributed by atoms with Crippen molar-refractivity contribution < 1.29 is 19.7 Å².